The van der Waals surface area contributed by atoms with Gasteiger partial charge in [0.15, 0.2) is 5.78 Å². The SMILES string of the molecule is C=CC(=O)C[C@@](C)(CC)CCCN(C)[C@H](O)C=C. The van der Waals surface area contributed by atoms with Crippen LogP contribution >= 0.6 is 0 Å². The number of aliphatic hydroxyl groups excluding tert-OH is 1. The zero-order chi connectivity index (χ0) is 14.2. The van der Waals surface area contributed by atoms with E-state index in [4.69, 9.17) is 0 Å². The lowest BCUT2D eigenvalue weighted by molar-refractivity contribution is -0.116. The van der Waals surface area contributed by atoms with Crippen molar-refractivity contribution >= 4 is 5.78 Å². The molecule has 18 heavy (non-hydrogen) atoms. The summed E-state index contributed by atoms with van der Waals surface area (Å²) in [6.07, 6.45) is 5.78. The van der Waals surface area contributed by atoms with Crippen LogP contribution in [0.4, 0.5) is 0 Å². The van der Waals surface area contributed by atoms with Gasteiger partial charge in [-0.05, 0) is 37.5 Å². The van der Waals surface area contributed by atoms with Crippen molar-refractivity contribution < 1.29 is 9.90 Å². The van der Waals surface area contributed by atoms with Crippen molar-refractivity contribution in [3.05, 3.63) is 25.3 Å². The predicted octanol–water partition coefficient (Wildman–Crippen LogP) is 2.76. The highest BCUT2D eigenvalue weighted by atomic mass is 16.3. The summed E-state index contributed by atoms with van der Waals surface area (Å²) in [5, 5.41) is 9.54. The fourth-order valence-corrected chi connectivity index (χ4v) is 1.95. The second-order valence-corrected chi connectivity index (χ2v) is 5.24. The molecule has 0 radical (unpaired) electrons. The van der Waals surface area contributed by atoms with E-state index in [2.05, 4.69) is 27.0 Å². The molecule has 0 saturated heterocycles. The summed E-state index contributed by atoms with van der Waals surface area (Å²) in [4.78, 5) is 13.3. The number of hydrogen-bond acceptors (Lipinski definition) is 3. The maximum absolute atomic E-state index is 11.5. The Morgan fingerprint density at radius 1 is 1.50 bits per heavy atom. The van der Waals surface area contributed by atoms with Crippen LogP contribution in [0, 0.1) is 5.41 Å². The fourth-order valence-electron chi connectivity index (χ4n) is 1.95. The molecule has 0 aromatic rings. The van der Waals surface area contributed by atoms with Crippen LogP contribution in [-0.2, 0) is 4.79 Å². The van der Waals surface area contributed by atoms with Gasteiger partial charge in [0.1, 0.15) is 6.23 Å². The first-order valence-corrected chi connectivity index (χ1v) is 6.54. The third-order valence-corrected chi connectivity index (χ3v) is 3.64. The number of ketones is 1. The number of hydrogen-bond donors (Lipinski definition) is 1. The topological polar surface area (TPSA) is 40.5 Å². The minimum absolute atomic E-state index is 0.0330. The standard InChI is InChI=1S/C15H27NO2/c1-6-13(17)12-15(4,8-3)10-9-11-16(5)14(18)7-2/h6-7,14,18H,1-2,8-12H2,3-5H3/t14-,15+/m1/s1. The Labute approximate surface area is 111 Å². The minimum atomic E-state index is -0.590. The Morgan fingerprint density at radius 3 is 2.56 bits per heavy atom. The molecule has 0 bridgehead atoms. The zero-order valence-corrected chi connectivity index (χ0v) is 12.0. The number of carbonyl (C=O) groups excluding carboxylic acids is 1. The number of carbonyl (C=O) groups is 1. The predicted molar refractivity (Wildman–Crippen MR) is 76.3 cm³/mol. The van der Waals surface area contributed by atoms with E-state index in [0.717, 1.165) is 25.8 Å². The lowest BCUT2D eigenvalue weighted by Gasteiger charge is -2.28. The summed E-state index contributed by atoms with van der Waals surface area (Å²) in [7, 11) is 1.87. The van der Waals surface area contributed by atoms with E-state index < -0.39 is 6.23 Å². The van der Waals surface area contributed by atoms with E-state index in [1.165, 1.54) is 12.2 Å². The number of likely N-dealkylation sites (N-methyl/N-ethyl adjacent to an activating group) is 1. The monoisotopic (exact) mass is 253 g/mol. The zero-order valence-electron chi connectivity index (χ0n) is 12.0. The average Bonchev–Trinajstić information content (AvgIpc) is 2.37. The second-order valence-electron chi connectivity index (χ2n) is 5.24. The van der Waals surface area contributed by atoms with Crippen LogP contribution in [0.25, 0.3) is 0 Å². The van der Waals surface area contributed by atoms with E-state index in [1.807, 2.05) is 11.9 Å². The molecule has 0 heterocycles. The molecule has 104 valence electrons. The van der Waals surface area contributed by atoms with Crippen molar-refractivity contribution in [2.24, 2.45) is 5.41 Å². The number of rotatable bonds is 10. The molecule has 0 fully saturated rings. The van der Waals surface area contributed by atoms with Crippen molar-refractivity contribution in [1.29, 1.82) is 0 Å². The maximum Gasteiger partial charge on any atom is 0.155 e. The Kier molecular flexibility index (Phi) is 7.80. The smallest absolute Gasteiger partial charge is 0.155 e. The second kappa shape index (κ2) is 8.22. The summed E-state index contributed by atoms with van der Waals surface area (Å²) in [6.45, 7) is 12.1. The molecule has 0 amide bonds. The van der Waals surface area contributed by atoms with Crippen LogP contribution in [0.3, 0.4) is 0 Å². The maximum atomic E-state index is 11.5. The van der Waals surface area contributed by atoms with Gasteiger partial charge in [0.2, 0.25) is 0 Å². The lowest BCUT2D eigenvalue weighted by Crippen LogP contribution is -2.31. The molecule has 1 N–H and O–H groups in total. The number of nitrogens with zero attached hydrogens (tertiary/aromatic N) is 1. The van der Waals surface area contributed by atoms with Gasteiger partial charge in [-0.15, -0.1) is 0 Å². The van der Waals surface area contributed by atoms with Gasteiger partial charge in [-0.3, -0.25) is 9.69 Å². The highest BCUT2D eigenvalue weighted by Crippen LogP contribution is 2.31. The summed E-state index contributed by atoms with van der Waals surface area (Å²) in [6, 6.07) is 0. The summed E-state index contributed by atoms with van der Waals surface area (Å²) < 4.78 is 0. The molecule has 0 aromatic heterocycles. The Hall–Kier alpha value is -0.930. The first kappa shape index (κ1) is 17.1. The van der Waals surface area contributed by atoms with E-state index in [1.54, 1.807) is 0 Å². The molecular weight excluding hydrogens is 226 g/mol. The summed E-state index contributed by atoms with van der Waals surface area (Å²) in [5.41, 5.74) is 0.0330. The van der Waals surface area contributed by atoms with Crippen LogP contribution in [0.5, 0.6) is 0 Å². The van der Waals surface area contributed by atoms with E-state index in [9.17, 15) is 9.90 Å². The largest absolute Gasteiger partial charge is 0.375 e. The first-order chi connectivity index (χ1) is 8.38. The van der Waals surface area contributed by atoms with Gasteiger partial charge >= 0.3 is 0 Å². The average molecular weight is 253 g/mol. The van der Waals surface area contributed by atoms with E-state index in [-0.39, 0.29) is 11.2 Å². The molecule has 3 heteroatoms. The van der Waals surface area contributed by atoms with Gasteiger partial charge in [0, 0.05) is 13.0 Å². The van der Waals surface area contributed by atoms with Crippen LogP contribution in [0.2, 0.25) is 0 Å². The van der Waals surface area contributed by atoms with Crippen LogP contribution in [-0.4, -0.2) is 35.6 Å². The summed E-state index contributed by atoms with van der Waals surface area (Å²) >= 11 is 0. The molecule has 0 aliphatic rings. The summed E-state index contributed by atoms with van der Waals surface area (Å²) in [5.74, 6) is 0.110. The van der Waals surface area contributed by atoms with Gasteiger partial charge in [-0.2, -0.15) is 0 Å². The Morgan fingerprint density at radius 2 is 2.11 bits per heavy atom. The first-order valence-electron chi connectivity index (χ1n) is 6.54. The molecule has 0 spiro atoms. The van der Waals surface area contributed by atoms with Gasteiger partial charge in [-0.1, -0.05) is 33.4 Å². The normalized spacial score (nSPS) is 16.1. The van der Waals surface area contributed by atoms with E-state index >= 15 is 0 Å². The van der Waals surface area contributed by atoms with Gasteiger partial charge in [0.05, 0.1) is 0 Å². The number of aliphatic hydroxyl groups is 1. The molecule has 2 atom stereocenters. The third kappa shape index (κ3) is 6.12. The van der Waals surface area contributed by atoms with E-state index in [0.29, 0.717) is 6.42 Å². The Bertz CT molecular complexity index is 288. The molecule has 3 nitrogen and oxygen atoms in total. The molecule has 0 aliphatic heterocycles. The highest BCUT2D eigenvalue weighted by molar-refractivity contribution is 5.89. The highest BCUT2D eigenvalue weighted by Gasteiger charge is 2.24. The Balaban J connectivity index is 4.18. The van der Waals surface area contributed by atoms with Gasteiger partial charge in [-0.25, -0.2) is 0 Å². The molecule has 0 saturated carbocycles. The van der Waals surface area contributed by atoms with Gasteiger partial charge in [0.25, 0.3) is 0 Å². The van der Waals surface area contributed by atoms with Crippen molar-refractivity contribution in [2.75, 3.05) is 13.6 Å². The molecule has 0 aromatic carbocycles. The van der Waals surface area contributed by atoms with Crippen LogP contribution < -0.4 is 0 Å². The molecule has 0 unspecified atom stereocenters. The van der Waals surface area contributed by atoms with Crippen LogP contribution in [0.1, 0.15) is 39.5 Å². The molecular formula is C15H27NO2. The van der Waals surface area contributed by atoms with Crippen molar-refractivity contribution in [2.45, 2.75) is 45.8 Å². The third-order valence-electron chi connectivity index (χ3n) is 3.64. The minimum Gasteiger partial charge on any atom is -0.375 e. The molecule has 0 rings (SSSR count). The molecule has 0 aliphatic carbocycles. The van der Waals surface area contributed by atoms with Crippen molar-refractivity contribution in [3.8, 4) is 0 Å². The van der Waals surface area contributed by atoms with Crippen molar-refractivity contribution in [1.82, 2.24) is 4.90 Å². The van der Waals surface area contributed by atoms with Gasteiger partial charge < -0.3 is 5.11 Å². The van der Waals surface area contributed by atoms with Crippen LogP contribution in [0.15, 0.2) is 25.3 Å². The van der Waals surface area contributed by atoms with Crippen molar-refractivity contribution in [3.63, 3.8) is 0 Å². The number of allylic oxidation sites excluding steroid dienone is 1. The quantitative estimate of drug-likeness (QED) is 0.370. The fraction of sp³-hybridized carbons (Fsp3) is 0.667. The lowest BCUT2D eigenvalue weighted by atomic mass is 9.78.